The van der Waals surface area contributed by atoms with E-state index in [4.69, 9.17) is 9.47 Å². The smallest absolute Gasteiger partial charge is 0.257 e. The standard InChI is InChI=1S/C25H39N3O4/c1-17-14-27(3)18(2)16-32-22-12-11-20(26-24(29)19-9-7-6-8-10-19)13-21(22)25(30)28(4)15-23(17)31-5/h11-13,17-19,23H,6-10,14-16H2,1-5H3,(H,26,29)/t17-,18+,23-/m1/s1. The van der Waals surface area contributed by atoms with Crippen molar-refractivity contribution in [2.45, 2.75) is 58.1 Å². The molecule has 1 aromatic carbocycles. The Bertz CT molecular complexity index is 793. The number of hydrogen-bond acceptors (Lipinski definition) is 5. The number of nitrogens with zero attached hydrogens (tertiary/aromatic N) is 2. The first-order chi connectivity index (χ1) is 15.3. The average Bonchev–Trinajstić information content (AvgIpc) is 2.80. The number of carbonyl (C=O) groups is 2. The number of methoxy groups -OCH3 is 1. The summed E-state index contributed by atoms with van der Waals surface area (Å²) in [7, 11) is 5.57. The maximum Gasteiger partial charge on any atom is 0.257 e. The molecule has 0 saturated heterocycles. The second kappa shape index (κ2) is 11.1. The summed E-state index contributed by atoms with van der Waals surface area (Å²) in [5.41, 5.74) is 1.10. The number of hydrogen-bond donors (Lipinski definition) is 1. The lowest BCUT2D eigenvalue weighted by atomic mass is 9.88. The summed E-state index contributed by atoms with van der Waals surface area (Å²) in [5, 5.41) is 3.03. The van der Waals surface area contributed by atoms with Crippen LogP contribution in [0.5, 0.6) is 5.75 Å². The highest BCUT2D eigenvalue weighted by Crippen LogP contribution is 2.28. The van der Waals surface area contributed by atoms with Gasteiger partial charge in [0, 0.05) is 44.9 Å². The zero-order chi connectivity index (χ0) is 23.3. The molecule has 1 heterocycles. The Morgan fingerprint density at radius 2 is 1.84 bits per heavy atom. The van der Waals surface area contributed by atoms with Crippen molar-refractivity contribution in [2.75, 3.05) is 46.2 Å². The first-order valence-electron chi connectivity index (χ1n) is 11.9. The van der Waals surface area contributed by atoms with E-state index in [0.717, 1.165) is 32.2 Å². The molecule has 32 heavy (non-hydrogen) atoms. The number of benzene rings is 1. The van der Waals surface area contributed by atoms with Crippen molar-refractivity contribution >= 4 is 17.5 Å². The van der Waals surface area contributed by atoms with Crippen LogP contribution in [0, 0.1) is 11.8 Å². The second-order valence-electron chi connectivity index (χ2n) is 9.57. The molecule has 3 rings (SSSR count). The fourth-order valence-corrected chi connectivity index (χ4v) is 4.64. The molecule has 178 valence electrons. The minimum absolute atomic E-state index is 0.0445. The third kappa shape index (κ3) is 6.01. The first kappa shape index (κ1) is 24.5. The molecule has 0 radical (unpaired) electrons. The van der Waals surface area contributed by atoms with Gasteiger partial charge in [-0.1, -0.05) is 26.2 Å². The normalized spacial score (nSPS) is 26.5. The van der Waals surface area contributed by atoms with E-state index in [2.05, 4.69) is 31.1 Å². The molecular formula is C25H39N3O4. The van der Waals surface area contributed by atoms with E-state index in [1.165, 1.54) is 6.42 Å². The monoisotopic (exact) mass is 445 g/mol. The molecule has 7 nitrogen and oxygen atoms in total. The largest absolute Gasteiger partial charge is 0.491 e. The maximum absolute atomic E-state index is 13.4. The first-order valence-corrected chi connectivity index (χ1v) is 11.9. The van der Waals surface area contributed by atoms with Gasteiger partial charge in [-0.15, -0.1) is 0 Å². The molecule has 0 unspecified atom stereocenters. The van der Waals surface area contributed by atoms with E-state index >= 15 is 0 Å². The average molecular weight is 446 g/mol. The zero-order valence-corrected chi connectivity index (χ0v) is 20.2. The topological polar surface area (TPSA) is 71.1 Å². The third-order valence-corrected chi connectivity index (χ3v) is 7.00. The Hall–Kier alpha value is -2.12. The Kier molecular flexibility index (Phi) is 8.54. The van der Waals surface area contributed by atoms with Crippen molar-refractivity contribution in [2.24, 2.45) is 11.8 Å². The van der Waals surface area contributed by atoms with E-state index in [9.17, 15) is 9.59 Å². The Balaban J connectivity index is 1.86. The molecule has 1 fully saturated rings. The number of anilines is 1. The van der Waals surface area contributed by atoms with Crippen molar-refractivity contribution in [1.29, 1.82) is 0 Å². The Morgan fingerprint density at radius 3 is 2.53 bits per heavy atom. The number of carbonyl (C=O) groups excluding carboxylic acids is 2. The fourth-order valence-electron chi connectivity index (χ4n) is 4.64. The van der Waals surface area contributed by atoms with Crippen LogP contribution in [0.25, 0.3) is 0 Å². The van der Waals surface area contributed by atoms with Crippen LogP contribution < -0.4 is 10.1 Å². The summed E-state index contributed by atoms with van der Waals surface area (Å²) < 4.78 is 11.8. The van der Waals surface area contributed by atoms with Crippen LogP contribution >= 0.6 is 0 Å². The number of rotatable bonds is 3. The Morgan fingerprint density at radius 1 is 1.12 bits per heavy atom. The van der Waals surface area contributed by atoms with E-state index in [1.807, 2.05) is 6.07 Å². The van der Waals surface area contributed by atoms with Crippen molar-refractivity contribution < 1.29 is 19.1 Å². The molecule has 1 saturated carbocycles. The highest BCUT2D eigenvalue weighted by Gasteiger charge is 2.28. The lowest BCUT2D eigenvalue weighted by Crippen LogP contribution is -2.45. The van der Waals surface area contributed by atoms with Crippen molar-refractivity contribution in [1.82, 2.24) is 9.80 Å². The van der Waals surface area contributed by atoms with Crippen molar-refractivity contribution in [3.05, 3.63) is 23.8 Å². The predicted octanol–water partition coefficient (Wildman–Crippen LogP) is 3.64. The Labute approximate surface area is 192 Å². The molecule has 3 atom stereocenters. The van der Waals surface area contributed by atoms with Crippen molar-refractivity contribution in [3.8, 4) is 5.75 Å². The molecule has 0 spiro atoms. The minimum atomic E-state index is -0.135. The molecule has 0 bridgehead atoms. The van der Waals surface area contributed by atoms with Crippen LogP contribution in [0.1, 0.15) is 56.3 Å². The van der Waals surface area contributed by atoms with E-state index in [0.29, 0.717) is 30.2 Å². The molecule has 2 amide bonds. The van der Waals surface area contributed by atoms with Crippen LogP contribution in [0.2, 0.25) is 0 Å². The molecule has 1 N–H and O–H groups in total. The summed E-state index contributed by atoms with van der Waals surface area (Å²) in [5.74, 6) is 0.760. The van der Waals surface area contributed by atoms with Gasteiger partial charge in [-0.05, 0) is 50.9 Å². The van der Waals surface area contributed by atoms with E-state index in [1.54, 1.807) is 31.2 Å². The van der Waals surface area contributed by atoms with Gasteiger partial charge in [-0.2, -0.15) is 0 Å². The molecule has 1 aliphatic heterocycles. The molecule has 0 aromatic heterocycles. The number of amides is 2. The highest BCUT2D eigenvalue weighted by atomic mass is 16.5. The molecule has 7 heteroatoms. The van der Waals surface area contributed by atoms with Crippen LogP contribution in [0.4, 0.5) is 5.69 Å². The minimum Gasteiger partial charge on any atom is -0.491 e. The van der Waals surface area contributed by atoms with Crippen LogP contribution in [0.3, 0.4) is 0 Å². The van der Waals surface area contributed by atoms with E-state index in [-0.39, 0.29) is 35.8 Å². The summed E-state index contributed by atoms with van der Waals surface area (Å²) in [6, 6.07) is 5.56. The molecular weight excluding hydrogens is 406 g/mol. The summed E-state index contributed by atoms with van der Waals surface area (Å²) in [4.78, 5) is 30.0. The van der Waals surface area contributed by atoms with Gasteiger partial charge in [0.05, 0.1) is 11.7 Å². The number of likely N-dealkylation sites (N-methyl/N-ethyl adjacent to an activating group) is 2. The van der Waals surface area contributed by atoms with Gasteiger partial charge in [0.15, 0.2) is 0 Å². The second-order valence-corrected chi connectivity index (χ2v) is 9.57. The number of nitrogens with one attached hydrogen (secondary N) is 1. The van der Waals surface area contributed by atoms with E-state index < -0.39 is 0 Å². The van der Waals surface area contributed by atoms with Crippen molar-refractivity contribution in [3.63, 3.8) is 0 Å². The van der Waals surface area contributed by atoms with Crippen LogP contribution in [0.15, 0.2) is 18.2 Å². The van der Waals surface area contributed by atoms with Crippen LogP contribution in [-0.4, -0.2) is 74.7 Å². The fraction of sp³-hybridized carbons (Fsp3) is 0.680. The predicted molar refractivity (Wildman–Crippen MR) is 126 cm³/mol. The lowest BCUT2D eigenvalue weighted by Gasteiger charge is -2.34. The number of ether oxygens (including phenoxy) is 2. The van der Waals surface area contributed by atoms with Gasteiger partial charge in [-0.25, -0.2) is 0 Å². The zero-order valence-electron chi connectivity index (χ0n) is 20.2. The summed E-state index contributed by atoms with van der Waals surface area (Å²) >= 11 is 0. The number of fused-ring (bicyclic) bond motifs is 1. The van der Waals surface area contributed by atoms with Gasteiger partial charge in [0.2, 0.25) is 5.91 Å². The lowest BCUT2D eigenvalue weighted by molar-refractivity contribution is -0.120. The van der Waals surface area contributed by atoms with Crippen LogP contribution in [-0.2, 0) is 9.53 Å². The maximum atomic E-state index is 13.4. The third-order valence-electron chi connectivity index (χ3n) is 7.00. The van der Waals surface area contributed by atoms with Gasteiger partial charge >= 0.3 is 0 Å². The molecule has 2 aliphatic rings. The van der Waals surface area contributed by atoms with Gasteiger partial charge in [0.25, 0.3) is 5.91 Å². The van der Waals surface area contributed by atoms with Gasteiger partial charge in [-0.3, -0.25) is 14.5 Å². The summed E-state index contributed by atoms with van der Waals surface area (Å²) in [6.07, 6.45) is 5.20. The van der Waals surface area contributed by atoms with Gasteiger partial charge in [0.1, 0.15) is 12.4 Å². The summed E-state index contributed by atoms with van der Waals surface area (Å²) in [6.45, 7) is 6.07. The van der Waals surface area contributed by atoms with Gasteiger partial charge < -0.3 is 19.7 Å². The SMILES string of the molecule is CO[C@@H]1CN(C)C(=O)c2cc(NC(=O)C3CCCCC3)ccc2OC[C@H](C)N(C)C[C@H]1C. The molecule has 1 aromatic rings. The quantitative estimate of drug-likeness (QED) is 0.769. The highest BCUT2D eigenvalue weighted by molar-refractivity contribution is 5.99. The molecule has 1 aliphatic carbocycles.